The number of aromatic nitrogens is 3. The number of amides is 1. The molecule has 132 valence electrons. The third-order valence-corrected chi connectivity index (χ3v) is 3.52. The first-order valence-electron chi connectivity index (χ1n) is 8.21. The van der Waals surface area contributed by atoms with Gasteiger partial charge in [0, 0.05) is 49.0 Å². The van der Waals surface area contributed by atoms with E-state index in [1.54, 1.807) is 12.4 Å². The molecule has 0 atom stereocenters. The number of anilines is 4. The van der Waals surface area contributed by atoms with Gasteiger partial charge in [0.25, 0.3) is 0 Å². The molecule has 7 heteroatoms. The van der Waals surface area contributed by atoms with Crippen LogP contribution < -0.4 is 16.0 Å². The second-order valence-electron chi connectivity index (χ2n) is 5.81. The molecule has 0 aliphatic rings. The lowest BCUT2D eigenvalue weighted by Crippen LogP contribution is -2.07. The van der Waals surface area contributed by atoms with Gasteiger partial charge in [-0.25, -0.2) is 4.98 Å². The fourth-order valence-corrected chi connectivity index (χ4v) is 2.42. The van der Waals surface area contributed by atoms with Gasteiger partial charge < -0.3 is 16.0 Å². The third kappa shape index (κ3) is 5.01. The van der Waals surface area contributed by atoms with Crippen LogP contribution in [0.25, 0.3) is 0 Å². The Morgan fingerprint density at radius 2 is 1.81 bits per heavy atom. The quantitative estimate of drug-likeness (QED) is 0.631. The molecule has 0 bridgehead atoms. The second-order valence-corrected chi connectivity index (χ2v) is 5.81. The fourth-order valence-electron chi connectivity index (χ4n) is 2.42. The molecule has 2 aromatic heterocycles. The summed E-state index contributed by atoms with van der Waals surface area (Å²) in [6.07, 6.45) is 3.52. The van der Waals surface area contributed by atoms with E-state index in [1.165, 1.54) is 6.92 Å². The summed E-state index contributed by atoms with van der Waals surface area (Å²) in [7, 11) is 0. The van der Waals surface area contributed by atoms with Crippen LogP contribution in [0.5, 0.6) is 0 Å². The normalized spacial score (nSPS) is 10.2. The van der Waals surface area contributed by atoms with Crippen molar-refractivity contribution in [3.05, 3.63) is 66.1 Å². The number of nitrogens with one attached hydrogen (secondary N) is 3. The van der Waals surface area contributed by atoms with Gasteiger partial charge in [-0.2, -0.15) is 4.98 Å². The van der Waals surface area contributed by atoms with E-state index in [4.69, 9.17) is 0 Å². The Bertz CT molecular complexity index is 898. The average molecular weight is 348 g/mol. The molecule has 0 aliphatic heterocycles. The number of pyridine rings is 1. The van der Waals surface area contributed by atoms with Gasteiger partial charge in [0.1, 0.15) is 5.82 Å². The summed E-state index contributed by atoms with van der Waals surface area (Å²) in [5, 5.41) is 9.22. The second kappa shape index (κ2) is 8.06. The number of hydrogen-bond acceptors (Lipinski definition) is 6. The molecule has 0 aliphatic carbocycles. The molecule has 26 heavy (non-hydrogen) atoms. The molecule has 0 saturated carbocycles. The van der Waals surface area contributed by atoms with E-state index in [1.807, 2.05) is 49.4 Å². The Kier molecular flexibility index (Phi) is 5.38. The minimum Gasteiger partial charge on any atom is -0.366 e. The first kappa shape index (κ1) is 17.3. The molecule has 0 spiro atoms. The van der Waals surface area contributed by atoms with Gasteiger partial charge in [0.15, 0.2) is 0 Å². The van der Waals surface area contributed by atoms with Crippen LogP contribution in [0.2, 0.25) is 0 Å². The van der Waals surface area contributed by atoms with Crippen molar-refractivity contribution in [1.29, 1.82) is 0 Å². The molecule has 3 N–H and O–H groups in total. The summed E-state index contributed by atoms with van der Waals surface area (Å²) in [6.45, 7) is 4.04. The maximum absolute atomic E-state index is 11.2. The van der Waals surface area contributed by atoms with Crippen molar-refractivity contribution in [3.63, 3.8) is 0 Å². The summed E-state index contributed by atoms with van der Waals surface area (Å²) >= 11 is 0. The molecular weight excluding hydrogens is 328 g/mol. The van der Waals surface area contributed by atoms with Gasteiger partial charge >= 0.3 is 0 Å². The predicted molar refractivity (Wildman–Crippen MR) is 102 cm³/mol. The maximum atomic E-state index is 11.2. The maximum Gasteiger partial charge on any atom is 0.229 e. The molecule has 0 fully saturated rings. The highest BCUT2D eigenvalue weighted by molar-refractivity contribution is 5.89. The lowest BCUT2D eigenvalue weighted by Gasteiger charge is -2.11. The molecule has 3 rings (SSSR count). The van der Waals surface area contributed by atoms with Crippen molar-refractivity contribution in [2.24, 2.45) is 0 Å². The molecule has 2 heterocycles. The number of nitrogens with zero attached hydrogens (tertiary/aromatic N) is 3. The van der Waals surface area contributed by atoms with Crippen LogP contribution in [-0.2, 0) is 11.3 Å². The molecule has 3 aromatic rings. The summed E-state index contributed by atoms with van der Waals surface area (Å²) in [5.41, 5.74) is 3.47. The number of aryl methyl sites for hydroxylation is 1. The highest BCUT2D eigenvalue weighted by Crippen LogP contribution is 2.19. The van der Waals surface area contributed by atoms with Crippen molar-refractivity contribution in [2.75, 3.05) is 16.0 Å². The van der Waals surface area contributed by atoms with Crippen LogP contribution in [0, 0.1) is 6.92 Å². The Balaban J connectivity index is 1.72. The van der Waals surface area contributed by atoms with Gasteiger partial charge in [0.05, 0.1) is 0 Å². The van der Waals surface area contributed by atoms with Crippen LogP contribution in [0.3, 0.4) is 0 Å². The first-order chi connectivity index (χ1) is 12.6. The third-order valence-electron chi connectivity index (χ3n) is 3.52. The van der Waals surface area contributed by atoms with Crippen molar-refractivity contribution < 1.29 is 4.79 Å². The largest absolute Gasteiger partial charge is 0.366 e. The summed E-state index contributed by atoms with van der Waals surface area (Å²) in [4.78, 5) is 24.1. The first-order valence-corrected chi connectivity index (χ1v) is 8.21. The number of benzene rings is 1. The molecule has 1 amide bonds. The molecule has 1 aromatic carbocycles. The fraction of sp³-hybridized carbons (Fsp3) is 0.158. The molecule has 7 nitrogen and oxygen atoms in total. The Labute approximate surface area is 151 Å². The van der Waals surface area contributed by atoms with E-state index in [2.05, 4.69) is 30.9 Å². The topological polar surface area (TPSA) is 91.8 Å². The van der Waals surface area contributed by atoms with E-state index in [-0.39, 0.29) is 5.91 Å². The Hall–Kier alpha value is -3.48. The van der Waals surface area contributed by atoms with Crippen molar-refractivity contribution in [2.45, 2.75) is 20.4 Å². The van der Waals surface area contributed by atoms with Crippen LogP contribution in [0.4, 0.5) is 23.1 Å². The van der Waals surface area contributed by atoms with Gasteiger partial charge in [0.2, 0.25) is 11.9 Å². The van der Waals surface area contributed by atoms with Crippen LogP contribution in [0.1, 0.15) is 18.2 Å². The predicted octanol–water partition coefficient (Wildman–Crippen LogP) is 3.49. The number of carbonyl (C=O) groups is 1. The minimum absolute atomic E-state index is 0.114. The molecule has 0 saturated heterocycles. The highest BCUT2D eigenvalue weighted by atomic mass is 16.1. The van der Waals surface area contributed by atoms with E-state index in [0.717, 1.165) is 22.8 Å². The lowest BCUT2D eigenvalue weighted by molar-refractivity contribution is -0.114. The smallest absolute Gasteiger partial charge is 0.229 e. The standard InChI is InChI=1S/C19H20N6O/c1-13-10-18(21-12-15-6-8-20-9-7-15)25-19(22-13)24-17-5-3-4-16(11-17)23-14(2)26/h3-11H,12H2,1-2H3,(H,23,26)(H2,21,22,24,25). The average Bonchev–Trinajstić information content (AvgIpc) is 2.60. The van der Waals surface area contributed by atoms with E-state index in [9.17, 15) is 4.79 Å². The summed E-state index contributed by atoms with van der Waals surface area (Å²) in [5.74, 6) is 1.11. The van der Waals surface area contributed by atoms with E-state index < -0.39 is 0 Å². The molecule has 0 unspecified atom stereocenters. The van der Waals surface area contributed by atoms with E-state index >= 15 is 0 Å². The zero-order valence-electron chi connectivity index (χ0n) is 14.7. The van der Waals surface area contributed by atoms with Gasteiger partial charge in [-0.15, -0.1) is 0 Å². The number of hydrogen-bond donors (Lipinski definition) is 3. The summed E-state index contributed by atoms with van der Waals surface area (Å²) < 4.78 is 0. The highest BCUT2D eigenvalue weighted by Gasteiger charge is 2.04. The van der Waals surface area contributed by atoms with E-state index in [0.29, 0.717) is 18.2 Å². The van der Waals surface area contributed by atoms with Crippen LogP contribution in [0.15, 0.2) is 54.9 Å². The molecule has 0 radical (unpaired) electrons. The zero-order chi connectivity index (χ0) is 18.4. The zero-order valence-corrected chi connectivity index (χ0v) is 14.7. The SMILES string of the molecule is CC(=O)Nc1cccc(Nc2nc(C)cc(NCc3ccncc3)n2)c1. The minimum atomic E-state index is -0.114. The van der Waals surface area contributed by atoms with Gasteiger partial charge in [-0.05, 0) is 42.8 Å². The van der Waals surface area contributed by atoms with Crippen LogP contribution in [-0.4, -0.2) is 20.9 Å². The monoisotopic (exact) mass is 348 g/mol. The number of carbonyl (C=O) groups excluding carboxylic acids is 1. The van der Waals surface area contributed by atoms with Crippen LogP contribution >= 0.6 is 0 Å². The van der Waals surface area contributed by atoms with Crippen molar-refractivity contribution >= 4 is 29.0 Å². The van der Waals surface area contributed by atoms with Crippen molar-refractivity contribution in [3.8, 4) is 0 Å². The Morgan fingerprint density at radius 3 is 2.58 bits per heavy atom. The van der Waals surface area contributed by atoms with Gasteiger partial charge in [-0.1, -0.05) is 6.07 Å². The van der Waals surface area contributed by atoms with Gasteiger partial charge in [-0.3, -0.25) is 9.78 Å². The number of rotatable bonds is 6. The van der Waals surface area contributed by atoms with Crippen molar-refractivity contribution in [1.82, 2.24) is 15.0 Å². The molecular formula is C19H20N6O. The summed E-state index contributed by atoms with van der Waals surface area (Å²) in [6, 6.07) is 13.2. The lowest BCUT2D eigenvalue weighted by atomic mass is 10.2. The Morgan fingerprint density at radius 1 is 1.04 bits per heavy atom.